The third-order valence-corrected chi connectivity index (χ3v) is 5.80. The summed E-state index contributed by atoms with van der Waals surface area (Å²) < 4.78 is 23.1. The van der Waals surface area contributed by atoms with Crippen LogP contribution in [0.2, 0.25) is 0 Å². The van der Waals surface area contributed by atoms with Crippen LogP contribution in [0.3, 0.4) is 0 Å². The van der Waals surface area contributed by atoms with Gasteiger partial charge >= 0.3 is 0 Å². The van der Waals surface area contributed by atoms with E-state index in [0.717, 1.165) is 30.6 Å². The maximum Gasteiger partial charge on any atom is 0.180 e. The van der Waals surface area contributed by atoms with Gasteiger partial charge in [-0.2, -0.15) is 0 Å². The summed E-state index contributed by atoms with van der Waals surface area (Å²) in [6, 6.07) is 0. The highest BCUT2D eigenvalue weighted by atomic mass is 32.2. The number of nitrogen functional groups attached to an aromatic ring is 1. The molecule has 1 aromatic rings. The summed E-state index contributed by atoms with van der Waals surface area (Å²) in [6.07, 6.45) is 6.66. The summed E-state index contributed by atoms with van der Waals surface area (Å²) in [5.41, 5.74) is 5.59. The number of hydrogen-bond donors (Lipinski definition) is 1. The Bertz CT molecular complexity index is 467. The minimum Gasteiger partial charge on any atom is -0.375 e. The Hall–Kier alpha value is -0.620. The fraction of sp³-hybridized carbons (Fsp3) is 0.700. The number of rotatable bonds is 2. The first-order chi connectivity index (χ1) is 7.47. The van der Waals surface area contributed by atoms with Crippen molar-refractivity contribution in [3.63, 3.8) is 0 Å². The van der Waals surface area contributed by atoms with Gasteiger partial charge in [-0.1, -0.05) is 6.42 Å². The van der Waals surface area contributed by atoms with Gasteiger partial charge in [0.2, 0.25) is 0 Å². The molecule has 2 unspecified atom stereocenters. The van der Waals surface area contributed by atoms with Crippen molar-refractivity contribution in [2.45, 2.75) is 36.9 Å². The van der Waals surface area contributed by atoms with E-state index >= 15 is 0 Å². The number of nitrogens with zero attached hydrogens (tertiary/aromatic N) is 1. The first kappa shape index (κ1) is 11.9. The van der Waals surface area contributed by atoms with Crippen molar-refractivity contribution in [3.05, 3.63) is 11.1 Å². The SMILES string of the molecule is CS(=O)(=O)C1CCCC(c2cnc(N)s2)C1. The Morgan fingerprint density at radius 1 is 1.50 bits per heavy atom. The molecular weight excluding hydrogens is 244 g/mol. The lowest BCUT2D eigenvalue weighted by molar-refractivity contribution is 0.440. The van der Waals surface area contributed by atoms with E-state index in [1.54, 1.807) is 6.20 Å². The van der Waals surface area contributed by atoms with Gasteiger partial charge in [0.1, 0.15) is 9.84 Å². The summed E-state index contributed by atoms with van der Waals surface area (Å²) in [4.78, 5) is 5.16. The van der Waals surface area contributed by atoms with Crippen LogP contribution in [0.15, 0.2) is 6.20 Å². The summed E-state index contributed by atoms with van der Waals surface area (Å²) >= 11 is 1.48. The highest BCUT2D eigenvalue weighted by molar-refractivity contribution is 7.91. The van der Waals surface area contributed by atoms with Crippen LogP contribution in [-0.2, 0) is 9.84 Å². The lowest BCUT2D eigenvalue weighted by atomic mass is 9.88. The zero-order valence-electron chi connectivity index (χ0n) is 9.22. The Labute approximate surface area is 99.8 Å². The molecule has 0 bridgehead atoms. The largest absolute Gasteiger partial charge is 0.375 e. The van der Waals surface area contributed by atoms with E-state index < -0.39 is 9.84 Å². The number of anilines is 1. The Morgan fingerprint density at radius 2 is 2.25 bits per heavy atom. The summed E-state index contributed by atoms with van der Waals surface area (Å²) in [6.45, 7) is 0. The topological polar surface area (TPSA) is 73.0 Å². The molecule has 4 nitrogen and oxygen atoms in total. The van der Waals surface area contributed by atoms with Gasteiger partial charge in [-0.05, 0) is 25.2 Å². The maximum atomic E-state index is 11.5. The molecule has 0 saturated heterocycles. The Balaban J connectivity index is 2.13. The van der Waals surface area contributed by atoms with E-state index in [-0.39, 0.29) is 5.25 Å². The number of aromatic nitrogens is 1. The monoisotopic (exact) mass is 260 g/mol. The Morgan fingerprint density at radius 3 is 2.81 bits per heavy atom. The molecule has 0 radical (unpaired) electrons. The molecule has 2 rings (SSSR count). The maximum absolute atomic E-state index is 11.5. The second-order valence-corrected chi connectivity index (χ2v) is 7.84. The van der Waals surface area contributed by atoms with Gasteiger partial charge in [0.05, 0.1) is 5.25 Å². The van der Waals surface area contributed by atoms with E-state index in [1.807, 2.05) is 0 Å². The normalized spacial score (nSPS) is 26.8. The molecule has 1 aliphatic carbocycles. The molecule has 1 aromatic heterocycles. The average molecular weight is 260 g/mol. The van der Waals surface area contributed by atoms with Gasteiger partial charge in [-0.25, -0.2) is 13.4 Å². The first-order valence-electron chi connectivity index (χ1n) is 5.37. The Kier molecular flexibility index (Phi) is 3.21. The van der Waals surface area contributed by atoms with Crippen LogP contribution >= 0.6 is 11.3 Å². The third kappa shape index (κ3) is 2.55. The fourth-order valence-corrected chi connectivity index (χ4v) is 4.29. The van der Waals surface area contributed by atoms with E-state index in [1.165, 1.54) is 17.6 Å². The van der Waals surface area contributed by atoms with Crippen LogP contribution in [0.1, 0.15) is 36.5 Å². The minimum atomic E-state index is -2.91. The van der Waals surface area contributed by atoms with Crippen molar-refractivity contribution in [1.82, 2.24) is 4.98 Å². The molecular formula is C10H16N2O2S2. The van der Waals surface area contributed by atoms with Crippen molar-refractivity contribution in [2.24, 2.45) is 0 Å². The van der Waals surface area contributed by atoms with Crippen molar-refractivity contribution >= 4 is 26.3 Å². The molecule has 0 aromatic carbocycles. The van der Waals surface area contributed by atoms with Crippen LogP contribution in [0, 0.1) is 0 Å². The average Bonchev–Trinajstić information content (AvgIpc) is 2.64. The molecule has 1 aliphatic rings. The van der Waals surface area contributed by atoms with Crippen LogP contribution in [0.4, 0.5) is 5.13 Å². The summed E-state index contributed by atoms with van der Waals surface area (Å²) in [5, 5.41) is 0.381. The van der Waals surface area contributed by atoms with Crippen molar-refractivity contribution in [2.75, 3.05) is 12.0 Å². The minimum absolute atomic E-state index is 0.186. The molecule has 2 N–H and O–H groups in total. The van der Waals surface area contributed by atoms with E-state index in [4.69, 9.17) is 5.73 Å². The van der Waals surface area contributed by atoms with Crippen LogP contribution in [0.25, 0.3) is 0 Å². The van der Waals surface area contributed by atoms with Gasteiger partial charge < -0.3 is 5.73 Å². The molecule has 1 fully saturated rings. The zero-order valence-corrected chi connectivity index (χ0v) is 10.9. The third-order valence-electron chi connectivity index (χ3n) is 3.18. The highest BCUT2D eigenvalue weighted by Crippen LogP contribution is 2.38. The smallest absolute Gasteiger partial charge is 0.180 e. The zero-order chi connectivity index (χ0) is 11.8. The molecule has 2 atom stereocenters. The van der Waals surface area contributed by atoms with Gasteiger partial charge in [0, 0.05) is 17.3 Å². The predicted molar refractivity (Wildman–Crippen MR) is 66.4 cm³/mol. The van der Waals surface area contributed by atoms with Gasteiger partial charge in [-0.3, -0.25) is 0 Å². The van der Waals surface area contributed by atoms with Crippen molar-refractivity contribution < 1.29 is 8.42 Å². The van der Waals surface area contributed by atoms with Crippen LogP contribution < -0.4 is 5.73 Å². The van der Waals surface area contributed by atoms with E-state index in [0.29, 0.717) is 11.0 Å². The molecule has 90 valence electrons. The van der Waals surface area contributed by atoms with E-state index in [2.05, 4.69) is 4.98 Å². The number of sulfone groups is 1. The molecule has 0 spiro atoms. The second-order valence-electron chi connectivity index (χ2n) is 4.42. The number of thiazole rings is 1. The fourth-order valence-electron chi connectivity index (χ4n) is 2.28. The molecule has 1 saturated carbocycles. The molecule has 6 heteroatoms. The van der Waals surface area contributed by atoms with Crippen molar-refractivity contribution in [3.8, 4) is 0 Å². The van der Waals surface area contributed by atoms with Crippen molar-refractivity contribution in [1.29, 1.82) is 0 Å². The van der Waals surface area contributed by atoms with Gasteiger partial charge in [0.15, 0.2) is 5.13 Å². The van der Waals surface area contributed by atoms with Gasteiger partial charge in [0.25, 0.3) is 0 Å². The molecule has 1 heterocycles. The number of nitrogens with two attached hydrogens (primary N) is 1. The van der Waals surface area contributed by atoms with Crippen LogP contribution in [-0.4, -0.2) is 24.9 Å². The molecule has 0 amide bonds. The lowest BCUT2D eigenvalue weighted by Crippen LogP contribution is -2.26. The number of hydrogen-bond acceptors (Lipinski definition) is 5. The highest BCUT2D eigenvalue weighted by Gasteiger charge is 2.30. The first-order valence-corrected chi connectivity index (χ1v) is 8.14. The summed E-state index contributed by atoms with van der Waals surface area (Å²) in [7, 11) is -2.91. The molecule has 16 heavy (non-hydrogen) atoms. The lowest BCUT2D eigenvalue weighted by Gasteiger charge is -2.26. The van der Waals surface area contributed by atoms with E-state index in [9.17, 15) is 8.42 Å². The van der Waals surface area contributed by atoms with Gasteiger partial charge in [-0.15, -0.1) is 11.3 Å². The summed E-state index contributed by atoms with van der Waals surface area (Å²) in [5.74, 6) is 0.322. The molecule has 0 aliphatic heterocycles. The van der Waals surface area contributed by atoms with Crippen LogP contribution in [0.5, 0.6) is 0 Å². The quantitative estimate of drug-likeness (QED) is 0.880. The standard InChI is InChI=1S/C10H16N2O2S2/c1-16(13,14)8-4-2-3-7(5-8)9-6-12-10(11)15-9/h6-8H,2-5H2,1H3,(H2,11,12). The predicted octanol–water partition coefficient (Wildman–Crippen LogP) is 1.80. The second kappa shape index (κ2) is 4.33.